The van der Waals surface area contributed by atoms with Gasteiger partial charge in [0.05, 0.1) is 29.1 Å². The average Bonchev–Trinajstić information content (AvgIpc) is 3.37. The van der Waals surface area contributed by atoms with Crippen LogP contribution in [0.2, 0.25) is 18.1 Å². The number of ether oxygens (including phenoxy) is 3. The van der Waals surface area contributed by atoms with Gasteiger partial charge in [0.25, 0.3) is 10.0 Å². The van der Waals surface area contributed by atoms with Crippen LogP contribution in [0.4, 0.5) is 10.5 Å². The summed E-state index contributed by atoms with van der Waals surface area (Å²) < 4.78 is 52.5. The Kier molecular flexibility index (Phi) is 11.6. The molecule has 0 bridgehead atoms. The van der Waals surface area contributed by atoms with Crippen LogP contribution >= 0.6 is 0 Å². The van der Waals surface area contributed by atoms with Gasteiger partial charge in [0.15, 0.2) is 8.32 Å². The van der Waals surface area contributed by atoms with Crippen LogP contribution in [-0.4, -0.2) is 78.2 Å². The van der Waals surface area contributed by atoms with Gasteiger partial charge >= 0.3 is 12.1 Å². The Morgan fingerprint density at radius 3 is 2.31 bits per heavy atom. The van der Waals surface area contributed by atoms with E-state index in [2.05, 4.69) is 33.9 Å². The van der Waals surface area contributed by atoms with Gasteiger partial charge in [-0.3, -0.25) is 9.10 Å². The number of rotatable bonds is 16. The highest BCUT2D eigenvalue weighted by Gasteiger charge is 2.61. The van der Waals surface area contributed by atoms with Crippen molar-refractivity contribution in [3.8, 4) is 11.1 Å². The molecule has 274 valence electrons. The van der Waals surface area contributed by atoms with E-state index in [0.29, 0.717) is 29.9 Å². The second-order valence-electron chi connectivity index (χ2n) is 13.1. The van der Waals surface area contributed by atoms with E-state index in [1.807, 2.05) is 31.2 Å². The molecule has 0 spiro atoms. The third kappa shape index (κ3) is 7.03. The Bertz CT molecular complexity index is 1830. The Balaban J connectivity index is 1.47. The summed E-state index contributed by atoms with van der Waals surface area (Å²) in [5.41, 5.74) is 3.22. The van der Waals surface area contributed by atoms with Crippen LogP contribution in [-0.2, 0) is 44.7 Å². The van der Waals surface area contributed by atoms with Gasteiger partial charge in [0.1, 0.15) is 25.0 Å². The molecule has 51 heavy (non-hydrogen) atoms. The second-order valence-corrected chi connectivity index (χ2v) is 19.8. The van der Waals surface area contributed by atoms with Gasteiger partial charge in [0, 0.05) is 23.7 Å². The average molecular weight is 737 g/mol. The lowest BCUT2D eigenvalue weighted by Gasteiger charge is -2.47. The van der Waals surface area contributed by atoms with Crippen molar-refractivity contribution in [3.63, 3.8) is 0 Å². The number of sulfonamides is 1. The van der Waals surface area contributed by atoms with Gasteiger partial charge in [-0.2, -0.15) is 0 Å². The fraction of sp³-hybridized carbons (Fsp3) is 0.447. The monoisotopic (exact) mass is 736 g/mol. The predicted octanol–water partition coefficient (Wildman–Crippen LogP) is 6.61. The van der Waals surface area contributed by atoms with Gasteiger partial charge in [-0.25, -0.2) is 18.0 Å². The van der Waals surface area contributed by atoms with Crippen molar-refractivity contribution in [3.05, 3.63) is 84.6 Å². The minimum absolute atomic E-state index is 0.00303. The number of β-lactam (4-membered cyclic amide) rings is 1. The minimum atomic E-state index is -4.12. The highest BCUT2D eigenvalue weighted by molar-refractivity contribution is 7.93. The zero-order valence-electron chi connectivity index (χ0n) is 30.1. The quantitative estimate of drug-likeness (QED) is 0.0809. The minimum Gasteiger partial charge on any atom is -0.457 e. The molecular formula is C38H48N2O9SSi. The van der Waals surface area contributed by atoms with Crippen molar-refractivity contribution in [1.82, 2.24) is 4.90 Å². The van der Waals surface area contributed by atoms with E-state index in [0.717, 1.165) is 29.3 Å². The summed E-state index contributed by atoms with van der Waals surface area (Å²) in [6.07, 6.45) is 1.66. The van der Waals surface area contributed by atoms with E-state index < -0.39 is 60.4 Å². The number of anilines is 1. The van der Waals surface area contributed by atoms with Crippen molar-refractivity contribution in [2.75, 3.05) is 30.7 Å². The molecule has 11 nitrogen and oxygen atoms in total. The van der Waals surface area contributed by atoms with Crippen molar-refractivity contribution >= 4 is 42.1 Å². The van der Waals surface area contributed by atoms with E-state index in [1.165, 1.54) is 21.4 Å². The molecule has 2 aromatic rings. The third-order valence-corrected chi connectivity index (χ3v) is 17.0. The van der Waals surface area contributed by atoms with Gasteiger partial charge in [-0.1, -0.05) is 77.3 Å². The first-order valence-electron chi connectivity index (χ1n) is 17.6. The van der Waals surface area contributed by atoms with Crippen LogP contribution in [0.15, 0.2) is 83.9 Å². The topological polar surface area (TPSA) is 129 Å². The maximum absolute atomic E-state index is 14.5. The lowest BCUT2D eigenvalue weighted by atomic mass is 9.77. The summed E-state index contributed by atoms with van der Waals surface area (Å²) in [6, 6.07) is 15.3. The van der Waals surface area contributed by atoms with Gasteiger partial charge in [0.2, 0.25) is 5.91 Å². The molecule has 0 saturated carbocycles. The molecule has 0 unspecified atom stereocenters. The number of amides is 1. The molecule has 4 atom stereocenters. The van der Waals surface area contributed by atoms with Crippen LogP contribution in [0.5, 0.6) is 0 Å². The SMILES string of the molecule is C=CCOC(=O)O[C@H](C)[C@H]1C(=O)N2C(C(=O)OCC=C)=C(CN3c4ccccc4-c4cc(CCO[Si](CC)(CC)CC)ccc4S3(=O)=O)[C@H](C)[C@H]12. The number of esters is 1. The van der Waals surface area contributed by atoms with Crippen LogP contribution in [0.3, 0.4) is 0 Å². The Morgan fingerprint density at radius 1 is 0.980 bits per heavy atom. The number of para-hydroxylation sites is 1. The van der Waals surface area contributed by atoms with E-state index >= 15 is 0 Å². The zero-order valence-corrected chi connectivity index (χ0v) is 31.9. The lowest BCUT2D eigenvalue weighted by molar-refractivity contribution is -0.164. The number of carbonyl (C=O) groups is 3. The Morgan fingerprint density at radius 2 is 1.65 bits per heavy atom. The lowest BCUT2D eigenvalue weighted by Crippen LogP contribution is -2.64. The van der Waals surface area contributed by atoms with Crippen LogP contribution in [0, 0.1) is 11.8 Å². The number of hydrogen-bond donors (Lipinski definition) is 0. The fourth-order valence-electron chi connectivity index (χ4n) is 7.52. The maximum atomic E-state index is 14.5. The van der Waals surface area contributed by atoms with E-state index in [4.69, 9.17) is 18.6 Å². The first-order chi connectivity index (χ1) is 24.4. The normalized spacial score (nSPS) is 20.8. The highest BCUT2D eigenvalue weighted by atomic mass is 32.2. The molecule has 3 heterocycles. The molecule has 0 N–H and O–H groups in total. The zero-order chi connectivity index (χ0) is 37.1. The molecule has 0 aromatic heterocycles. The molecular weight excluding hydrogens is 689 g/mol. The predicted molar refractivity (Wildman–Crippen MR) is 197 cm³/mol. The molecule has 1 fully saturated rings. The first-order valence-corrected chi connectivity index (χ1v) is 21.5. The summed E-state index contributed by atoms with van der Waals surface area (Å²) in [5, 5.41) is 0. The molecule has 0 aliphatic carbocycles. The smallest absolute Gasteiger partial charge is 0.457 e. The largest absolute Gasteiger partial charge is 0.508 e. The van der Waals surface area contributed by atoms with Crippen LogP contribution in [0.1, 0.15) is 40.2 Å². The summed E-state index contributed by atoms with van der Waals surface area (Å²) in [7, 11) is -5.89. The fourth-order valence-corrected chi connectivity index (χ4v) is 11.8. The summed E-state index contributed by atoms with van der Waals surface area (Å²) in [4.78, 5) is 40.9. The molecule has 3 aliphatic heterocycles. The van der Waals surface area contributed by atoms with Crippen molar-refractivity contribution in [2.45, 2.75) is 76.2 Å². The van der Waals surface area contributed by atoms with E-state index in [1.54, 1.807) is 25.1 Å². The summed E-state index contributed by atoms with van der Waals surface area (Å²) in [5.74, 6) is -2.47. The van der Waals surface area contributed by atoms with Crippen LogP contribution in [0.25, 0.3) is 11.1 Å². The second kappa shape index (κ2) is 15.6. The van der Waals surface area contributed by atoms with Gasteiger partial charge in [-0.05, 0) is 60.8 Å². The van der Waals surface area contributed by atoms with E-state index in [9.17, 15) is 22.8 Å². The maximum Gasteiger partial charge on any atom is 0.508 e. The number of fused-ring (bicyclic) bond motifs is 4. The summed E-state index contributed by atoms with van der Waals surface area (Å²) >= 11 is 0. The molecule has 5 rings (SSSR count). The molecule has 13 heteroatoms. The number of hydrogen-bond acceptors (Lipinski definition) is 9. The van der Waals surface area contributed by atoms with Crippen molar-refractivity contribution in [1.29, 1.82) is 0 Å². The molecule has 3 aliphatic rings. The van der Waals surface area contributed by atoms with Crippen molar-refractivity contribution < 1.29 is 41.4 Å². The highest BCUT2D eigenvalue weighted by Crippen LogP contribution is 2.50. The molecule has 1 amide bonds. The standard InChI is InChI=1S/C38H48N2O9SSi/c1-8-20-46-37(42)35-30(25(6)34-33(36(41)40(34)35)26(7)49-38(43)47-21-9-2)24-39-31-16-14-13-15-28(31)29-23-27(17-18-32(29)50(39,44)45)19-22-48-51(10-3,11-4)12-5/h8-9,13-18,23,25-26,33-34H,1-2,10-12,19-22,24H2,3-7H3/t25-,26+,33+,34+/m0/s1. The molecule has 1 saturated heterocycles. The molecule has 0 radical (unpaired) electrons. The first kappa shape index (κ1) is 38.0. The van der Waals surface area contributed by atoms with Gasteiger partial charge in [-0.15, -0.1) is 0 Å². The number of benzene rings is 2. The van der Waals surface area contributed by atoms with Gasteiger partial charge < -0.3 is 23.5 Å². The number of nitrogens with zero attached hydrogens (tertiary/aromatic N) is 2. The third-order valence-electron chi connectivity index (χ3n) is 10.5. The Hall–Kier alpha value is -4.20. The van der Waals surface area contributed by atoms with Crippen LogP contribution < -0.4 is 4.31 Å². The van der Waals surface area contributed by atoms with E-state index in [-0.39, 0.29) is 30.4 Å². The van der Waals surface area contributed by atoms with Crippen molar-refractivity contribution in [2.24, 2.45) is 11.8 Å². The molecule has 2 aromatic carbocycles. The Labute approximate surface area is 302 Å². The number of carbonyl (C=O) groups excluding carboxylic acids is 3. The summed E-state index contributed by atoms with van der Waals surface area (Å²) in [6.45, 7) is 17.4.